The third kappa shape index (κ3) is 4.57. The van der Waals surface area contributed by atoms with Crippen molar-refractivity contribution < 1.29 is 14.5 Å². The molecule has 7 nitrogen and oxygen atoms in total. The fraction of sp³-hybridized carbons (Fsp3) is 0.500. The van der Waals surface area contributed by atoms with Crippen molar-refractivity contribution in [1.29, 1.82) is 0 Å². The Balaban J connectivity index is 0.00000242. The number of nitrogens with zero attached hydrogens (tertiary/aromatic N) is 2. The lowest BCUT2D eigenvalue weighted by molar-refractivity contribution is -0.385. The van der Waals surface area contributed by atoms with Crippen LogP contribution in [0.25, 0.3) is 0 Å². The van der Waals surface area contributed by atoms with Crippen LogP contribution in [-0.4, -0.2) is 48.0 Å². The second-order valence-electron chi connectivity index (χ2n) is 4.96. The Kier molecular flexibility index (Phi) is 7.07. The molecule has 2 rings (SSSR count). The van der Waals surface area contributed by atoms with Gasteiger partial charge in [-0.05, 0) is 13.0 Å². The Labute approximate surface area is 135 Å². The average Bonchev–Trinajstić information content (AvgIpc) is 2.48. The number of para-hydroxylation sites is 2. The van der Waals surface area contributed by atoms with E-state index in [4.69, 9.17) is 4.74 Å². The number of carbonyl (C=O) groups is 1. The number of hydrogen-bond donors (Lipinski definition) is 1. The first-order valence-corrected chi connectivity index (χ1v) is 6.96. The first kappa shape index (κ1) is 18.2. The number of hydrogen-bond acceptors (Lipinski definition) is 5. The highest BCUT2D eigenvalue weighted by atomic mass is 35.5. The topological polar surface area (TPSA) is 84.7 Å². The van der Waals surface area contributed by atoms with E-state index in [9.17, 15) is 14.9 Å². The minimum Gasteiger partial charge on any atom is -0.486 e. The predicted octanol–water partition coefficient (Wildman–Crippen LogP) is 1.61. The van der Waals surface area contributed by atoms with Gasteiger partial charge >= 0.3 is 5.69 Å². The van der Waals surface area contributed by atoms with E-state index in [1.807, 2.05) is 11.8 Å². The van der Waals surface area contributed by atoms with Crippen molar-refractivity contribution in [1.82, 2.24) is 10.2 Å². The second-order valence-corrected chi connectivity index (χ2v) is 4.96. The molecule has 0 aromatic heterocycles. The van der Waals surface area contributed by atoms with Gasteiger partial charge < -0.3 is 15.0 Å². The van der Waals surface area contributed by atoms with Gasteiger partial charge in [-0.2, -0.15) is 0 Å². The van der Waals surface area contributed by atoms with E-state index in [1.54, 1.807) is 12.1 Å². The summed E-state index contributed by atoms with van der Waals surface area (Å²) in [6, 6.07) is 6.34. The number of ether oxygens (including phenoxy) is 1. The number of halogens is 1. The van der Waals surface area contributed by atoms with Gasteiger partial charge in [-0.15, -0.1) is 12.4 Å². The van der Waals surface area contributed by atoms with E-state index < -0.39 is 4.92 Å². The van der Waals surface area contributed by atoms with E-state index in [0.717, 1.165) is 13.1 Å². The van der Waals surface area contributed by atoms with Crippen LogP contribution in [0.15, 0.2) is 24.3 Å². The van der Waals surface area contributed by atoms with E-state index in [-0.39, 0.29) is 48.8 Å². The van der Waals surface area contributed by atoms with Crippen LogP contribution in [0.2, 0.25) is 0 Å². The standard InChI is InChI=1S/C14H19N3O4.ClH/c1-11-10-15-7-8-16(11)14(18)6-9-21-13-5-3-2-4-12(13)17(19)20;/h2-5,11,15H,6-10H2,1H3;1H/t11-;/m0./s1. The normalized spacial score (nSPS) is 17.5. The molecule has 1 aliphatic rings. The summed E-state index contributed by atoms with van der Waals surface area (Å²) in [7, 11) is 0. The van der Waals surface area contributed by atoms with Crippen LogP contribution in [0.4, 0.5) is 5.69 Å². The Morgan fingerprint density at radius 1 is 1.50 bits per heavy atom. The van der Waals surface area contributed by atoms with Crippen LogP contribution >= 0.6 is 12.4 Å². The van der Waals surface area contributed by atoms with Crippen molar-refractivity contribution in [2.24, 2.45) is 0 Å². The zero-order chi connectivity index (χ0) is 15.2. The number of carbonyl (C=O) groups excluding carboxylic acids is 1. The number of piperazine rings is 1. The molecule has 0 radical (unpaired) electrons. The van der Waals surface area contributed by atoms with Gasteiger partial charge in [0.25, 0.3) is 0 Å². The van der Waals surface area contributed by atoms with Gasteiger partial charge in [-0.1, -0.05) is 12.1 Å². The minimum absolute atomic E-state index is 0. The number of nitro benzene ring substituents is 1. The third-order valence-electron chi connectivity index (χ3n) is 3.46. The molecule has 0 bridgehead atoms. The van der Waals surface area contributed by atoms with Crippen LogP contribution in [-0.2, 0) is 4.79 Å². The van der Waals surface area contributed by atoms with Crippen LogP contribution in [0.5, 0.6) is 5.75 Å². The molecular formula is C14H20ClN3O4. The maximum atomic E-state index is 12.1. The molecule has 1 aliphatic heterocycles. The maximum Gasteiger partial charge on any atom is 0.310 e. The Hall–Kier alpha value is -1.86. The molecular weight excluding hydrogens is 310 g/mol. The predicted molar refractivity (Wildman–Crippen MR) is 84.5 cm³/mol. The second kappa shape index (κ2) is 8.55. The van der Waals surface area contributed by atoms with Crippen LogP contribution < -0.4 is 10.1 Å². The zero-order valence-corrected chi connectivity index (χ0v) is 13.2. The molecule has 1 N–H and O–H groups in total. The van der Waals surface area contributed by atoms with Crippen molar-refractivity contribution in [3.8, 4) is 5.75 Å². The highest BCUT2D eigenvalue weighted by Crippen LogP contribution is 2.25. The molecule has 1 heterocycles. The number of rotatable bonds is 5. The van der Waals surface area contributed by atoms with Crippen LogP contribution in [0.3, 0.4) is 0 Å². The molecule has 1 fully saturated rings. The highest BCUT2D eigenvalue weighted by Gasteiger charge is 2.23. The summed E-state index contributed by atoms with van der Waals surface area (Å²) >= 11 is 0. The third-order valence-corrected chi connectivity index (χ3v) is 3.46. The van der Waals surface area contributed by atoms with Crippen molar-refractivity contribution in [2.45, 2.75) is 19.4 Å². The smallest absolute Gasteiger partial charge is 0.310 e. The van der Waals surface area contributed by atoms with Gasteiger partial charge in [0.2, 0.25) is 5.91 Å². The van der Waals surface area contributed by atoms with Gasteiger partial charge in [0.05, 0.1) is 18.0 Å². The van der Waals surface area contributed by atoms with E-state index in [1.165, 1.54) is 12.1 Å². The number of amides is 1. The van der Waals surface area contributed by atoms with E-state index in [0.29, 0.717) is 6.54 Å². The maximum absolute atomic E-state index is 12.1. The largest absolute Gasteiger partial charge is 0.486 e. The van der Waals surface area contributed by atoms with Gasteiger partial charge in [0.1, 0.15) is 0 Å². The monoisotopic (exact) mass is 329 g/mol. The van der Waals surface area contributed by atoms with Crippen molar-refractivity contribution in [2.75, 3.05) is 26.2 Å². The first-order chi connectivity index (χ1) is 10.1. The first-order valence-electron chi connectivity index (χ1n) is 6.96. The van der Waals surface area contributed by atoms with Gasteiger partial charge in [0.15, 0.2) is 5.75 Å². The summed E-state index contributed by atoms with van der Waals surface area (Å²) in [4.78, 5) is 24.3. The molecule has 0 saturated carbocycles. The van der Waals surface area contributed by atoms with Crippen LogP contribution in [0.1, 0.15) is 13.3 Å². The zero-order valence-electron chi connectivity index (χ0n) is 12.4. The number of nitro groups is 1. The summed E-state index contributed by atoms with van der Waals surface area (Å²) < 4.78 is 5.39. The van der Waals surface area contributed by atoms with Gasteiger partial charge in [-0.3, -0.25) is 14.9 Å². The summed E-state index contributed by atoms with van der Waals surface area (Å²) in [5.41, 5.74) is -0.0829. The quantitative estimate of drug-likeness (QED) is 0.655. The lowest BCUT2D eigenvalue weighted by atomic mass is 10.2. The van der Waals surface area contributed by atoms with Gasteiger partial charge in [0, 0.05) is 31.7 Å². The number of benzene rings is 1. The average molecular weight is 330 g/mol. The van der Waals surface area contributed by atoms with Crippen molar-refractivity contribution in [3.63, 3.8) is 0 Å². The summed E-state index contributed by atoms with van der Waals surface area (Å²) in [5, 5.41) is 14.1. The fourth-order valence-electron chi connectivity index (χ4n) is 2.33. The van der Waals surface area contributed by atoms with Crippen molar-refractivity contribution >= 4 is 24.0 Å². The summed E-state index contributed by atoms with van der Waals surface area (Å²) in [5.74, 6) is 0.214. The lowest BCUT2D eigenvalue weighted by Crippen LogP contribution is -2.52. The molecule has 122 valence electrons. The molecule has 0 unspecified atom stereocenters. The SMILES string of the molecule is C[C@H]1CNCCN1C(=O)CCOc1ccccc1[N+](=O)[O-].Cl. The van der Waals surface area contributed by atoms with Crippen LogP contribution in [0, 0.1) is 10.1 Å². The Morgan fingerprint density at radius 3 is 2.91 bits per heavy atom. The Morgan fingerprint density at radius 2 is 2.23 bits per heavy atom. The fourth-order valence-corrected chi connectivity index (χ4v) is 2.33. The van der Waals surface area contributed by atoms with E-state index in [2.05, 4.69) is 5.32 Å². The van der Waals surface area contributed by atoms with E-state index >= 15 is 0 Å². The lowest BCUT2D eigenvalue weighted by Gasteiger charge is -2.34. The molecule has 22 heavy (non-hydrogen) atoms. The molecule has 1 atom stereocenters. The molecule has 8 heteroatoms. The van der Waals surface area contributed by atoms with Crippen molar-refractivity contribution in [3.05, 3.63) is 34.4 Å². The van der Waals surface area contributed by atoms with Gasteiger partial charge in [-0.25, -0.2) is 0 Å². The summed E-state index contributed by atoms with van der Waals surface area (Å²) in [6.07, 6.45) is 0.219. The molecule has 1 aromatic carbocycles. The molecule has 1 saturated heterocycles. The highest BCUT2D eigenvalue weighted by molar-refractivity contribution is 5.85. The minimum atomic E-state index is -0.491. The molecule has 1 aromatic rings. The summed E-state index contributed by atoms with van der Waals surface area (Å²) in [6.45, 7) is 4.40. The molecule has 1 amide bonds. The molecule has 0 spiro atoms. The molecule has 0 aliphatic carbocycles. The number of nitrogens with one attached hydrogen (secondary N) is 1. The Bertz CT molecular complexity index is 527.